The van der Waals surface area contributed by atoms with E-state index in [0.717, 1.165) is 11.1 Å². The molecular formula is C27H26N4O4S2. The van der Waals surface area contributed by atoms with Crippen molar-refractivity contribution in [3.63, 3.8) is 0 Å². The number of thioether (sulfide) groups is 1. The first-order chi connectivity index (χ1) is 18.1. The first-order valence-electron chi connectivity index (χ1n) is 12.0. The van der Waals surface area contributed by atoms with E-state index in [1.165, 1.54) is 23.1 Å². The molecule has 2 amide bonds. The second-order valence-electron chi connectivity index (χ2n) is 8.42. The molecule has 1 saturated heterocycles. The number of carbonyl (C=O) groups excluding carboxylic acids is 2. The monoisotopic (exact) mass is 534 g/mol. The molecule has 1 aliphatic rings. The maximum Gasteiger partial charge on any atom is 0.409 e. The van der Waals surface area contributed by atoms with Crippen LogP contribution in [0.15, 0.2) is 76.0 Å². The number of rotatable bonds is 6. The Morgan fingerprint density at radius 3 is 2.30 bits per heavy atom. The van der Waals surface area contributed by atoms with Gasteiger partial charge in [-0.15, -0.1) is 11.3 Å². The van der Waals surface area contributed by atoms with Gasteiger partial charge < -0.3 is 14.5 Å². The van der Waals surface area contributed by atoms with Crippen molar-refractivity contribution >= 4 is 45.3 Å². The number of para-hydroxylation sites is 1. The van der Waals surface area contributed by atoms with E-state index in [-0.39, 0.29) is 23.3 Å². The van der Waals surface area contributed by atoms with Gasteiger partial charge in [0, 0.05) is 37.1 Å². The van der Waals surface area contributed by atoms with Crippen molar-refractivity contribution < 1.29 is 14.3 Å². The van der Waals surface area contributed by atoms with E-state index in [2.05, 4.69) is 0 Å². The molecule has 0 saturated carbocycles. The maximum atomic E-state index is 13.9. The van der Waals surface area contributed by atoms with E-state index >= 15 is 0 Å². The molecule has 10 heteroatoms. The molecule has 2 aromatic heterocycles. The van der Waals surface area contributed by atoms with Gasteiger partial charge in [-0.05, 0) is 24.6 Å². The molecule has 3 heterocycles. The third-order valence-corrected chi connectivity index (χ3v) is 7.95. The normalized spacial score (nSPS) is 13.6. The minimum absolute atomic E-state index is 0.0568. The molecule has 0 unspecified atom stereocenters. The summed E-state index contributed by atoms with van der Waals surface area (Å²) in [4.78, 5) is 47.7. The summed E-state index contributed by atoms with van der Waals surface area (Å²) in [5.74, 6) is 0.0832. The fourth-order valence-corrected chi connectivity index (χ4v) is 6.18. The SMILES string of the molecule is CCOC(=O)N1CCN(C(=O)CSc2nc3scc(-c4ccccc4)c3c(=O)n2-c2ccccc2)CC1. The van der Waals surface area contributed by atoms with E-state index in [1.807, 2.05) is 66.0 Å². The molecule has 1 aliphatic heterocycles. The lowest BCUT2D eigenvalue weighted by Crippen LogP contribution is -2.51. The molecule has 0 aliphatic carbocycles. The quantitative estimate of drug-likeness (QED) is 0.267. The lowest BCUT2D eigenvalue weighted by Gasteiger charge is -2.34. The first-order valence-corrected chi connectivity index (χ1v) is 13.9. The van der Waals surface area contributed by atoms with Crippen LogP contribution in [0.2, 0.25) is 0 Å². The minimum Gasteiger partial charge on any atom is -0.450 e. The van der Waals surface area contributed by atoms with Crippen LogP contribution in [-0.4, -0.2) is 69.9 Å². The van der Waals surface area contributed by atoms with E-state index in [4.69, 9.17) is 9.72 Å². The van der Waals surface area contributed by atoms with Crippen molar-refractivity contribution in [2.45, 2.75) is 12.1 Å². The number of hydrogen-bond donors (Lipinski definition) is 0. The lowest BCUT2D eigenvalue weighted by molar-refractivity contribution is -0.129. The highest BCUT2D eigenvalue weighted by Crippen LogP contribution is 2.33. The molecule has 0 N–H and O–H groups in total. The standard InChI is InChI=1S/C27H26N4O4S2/c1-2-35-27(34)30-15-13-29(14-16-30)22(32)18-37-26-28-24-23(21(17-36-24)19-9-5-3-6-10-19)25(33)31(26)20-11-7-4-8-12-20/h3-12,17H,2,13-16,18H2,1H3. The fourth-order valence-electron chi connectivity index (χ4n) is 4.27. The van der Waals surface area contributed by atoms with Gasteiger partial charge in [0.05, 0.1) is 23.4 Å². The Bertz CT molecular complexity index is 1460. The first kappa shape index (κ1) is 25.0. The topological polar surface area (TPSA) is 84.7 Å². The Labute approximate surface area is 222 Å². The van der Waals surface area contributed by atoms with Gasteiger partial charge in [0.25, 0.3) is 5.56 Å². The molecule has 190 valence electrons. The number of hydrogen-bond acceptors (Lipinski definition) is 7. The highest BCUT2D eigenvalue weighted by atomic mass is 32.2. The minimum atomic E-state index is -0.348. The number of nitrogens with zero attached hydrogens (tertiary/aromatic N) is 4. The smallest absolute Gasteiger partial charge is 0.409 e. The van der Waals surface area contributed by atoms with Gasteiger partial charge in [0.1, 0.15) is 4.83 Å². The van der Waals surface area contributed by atoms with E-state index < -0.39 is 0 Å². The van der Waals surface area contributed by atoms with Crippen LogP contribution < -0.4 is 5.56 Å². The van der Waals surface area contributed by atoms with Gasteiger partial charge in [-0.2, -0.15) is 0 Å². The maximum absolute atomic E-state index is 13.9. The molecule has 8 nitrogen and oxygen atoms in total. The van der Waals surface area contributed by atoms with Crippen molar-refractivity contribution in [2.75, 3.05) is 38.5 Å². The van der Waals surface area contributed by atoms with Gasteiger partial charge >= 0.3 is 6.09 Å². The zero-order valence-electron chi connectivity index (χ0n) is 20.3. The van der Waals surface area contributed by atoms with Gasteiger partial charge in [-0.1, -0.05) is 60.3 Å². The molecule has 1 fully saturated rings. The molecule has 0 radical (unpaired) electrons. The Kier molecular flexibility index (Phi) is 7.57. The van der Waals surface area contributed by atoms with E-state index in [1.54, 1.807) is 21.3 Å². The highest BCUT2D eigenvalue weighted by Gasteiger charge is 2.26. The summed E-state index contributed by atoms with van der Waals surface area (Å²) in [5, 5.41) is 3.02. The fraction of sp³-hybridized carbons (Fsp3) is 0.259. The van der Waals surface area contributed by atoms with Crippen molar-refractivity contribution in [3.8, 4) is 16.8 Å². The summed E-state index contributed by atoms with van der Waals surface area (Å²) in [6.07, 6.45) is -0.348. The summed E-state index contributed by atoms with van der Waals surface area (Å²) in [6, 6.07) is 19.2. The molecule has 4 aromatic rings. The van der Waals surface area contributed by atoms with Crippen LogP contribution in [0, 0.1) is 0 Å². The zero-order chi connectivity index (χ0) is 25.8. The van der Waals surface area contributed by atoms with Gasteiger partial charge in [0.15, 0.2) is 5.16 Å². The van der Waals surface area contributed by atoms with E-state index in [0.29, 0.717) is 53.8 Å². The molecule has 37 heavy (non-hydrogen) atoms. The second kappa shape index (κ2) is 11.2. The van der Waals surface area contributed by atoms with Gasteiger partial charge in [-0.3, -0.25) is 14.2 Å². The summed E-state index contributed by atoms with van der Waals surface area (Å²) >= 11 is 2.68. The number of ether oxygens (including phenoxy) is 1. The zero-order valence-corrected chi connectivity index (χ0v) is 22.0. The number of thiophene rings is 1. The van der Waals surface area contributed by atoms with Gasteiger partial charge in [-0.25, -0.2) is 9.78 Å². The second-order valence-corrected chi connectivity index (χ2v) is 10.2. The molecule has 2 aromatic carbocycles. The summed E-state index contributed by atoms with van der Waals surface area (Å²) in [6.45, 7) is 3.86. The van der Waals surface area contributed by atoms with Crippen molar-refractivity contribution in [3.05, 3.63) is 76.4 Å². The predicted octanol–water partition coefficient (Wildman–Crippen LogP) is 4.51. The van der Waals surface area contributed by atoms with Crippen LogP contribution in [0.4, 0.5) is 4.79 Å². The lowest BCUT2D eigenvalue weighted by atomic mass is 10.1. The number of benzene rings is 2. The van der Waals surface area contributed by atoms with Crippen LogP contribution in [0.1, 0.15) is 6.92 Å². The summed E-state index contributed by atoms with van der Waals surface area (Å²) in [5.41, 5.74) is 2.36. The van der Waals surface area contributed by atoms with Crippen LogP contribution in [0.5, 0.6) is 0 Å². The Hall–Kier alpha value is -3.63. The molecule has 0 atom stereocenters. The third-order valence-electron chi connectivity index (χ3n) is 6.16. The average molecular weight is 535 g/mol. The number of fused-ring (bicyclic) bond motifs is 1. The van der Waals surface area contributed by atoms with Crippen LogP contribution in [-0.2, 0) is 9.53 Å². The Balaban J connectivity index is 1.41. The largest absolute Gasteiger partial charge is 0.450 e. The van der Waals surface area contributed by atoms with E-state index in [9.17, 15) is 14.4 Å². The third kappa shape index (κ3) is 5.26. The number of piperazine rings is 1. The number of aromatic nitrogens is 2. The average Bonchev–Trinajstić information content (AvgIpc) is 3.37. The van der Waals surface area contributed by atoms with Gasteiger partial charge in [0.2, 0.25) is 5.91 Å². The number of carbonyl (C=O) groups is 2. The number of amides is 2. The molecule has 5 rings (SSSR count). The highest BCUT2D eigenvalue weighted by molar-refractivity contribution is 7.99. The van der Waals surface area contributed by atoms with Crippen molar-refractivity contribution in [1.29, 1.82) is 0 Å². The van der Waals surface area contributed by atoms with Crippen molar-refractivity contribution in [2.24, 2.45) is 0 Å². The van der Waals surface area contributed by atoms with Crippen LogP contribution in [0.3, 0.4) is 0 Å². The van der Waals surface area contributed by atoms with Crippen molar-refractivity contribution in [1.82, 2.24) is 19.4 Å². The molecule has 0 spiro atoms. The predicted molar refractivity (Wildman–Crippen MR) is 147 cm³/mol. The van der Waals surface area contributed by atoms with Crippen LogP contribution >= 0.6 is 23.1 Å². The molecule has 0 bridgehead atoms. The Morgan fingerprint density at radius 1 is 0.973 bits per heavy atom. The molecular weight excluding hydrogens is 508 g/mol. The Morgan fingerprint density at radius 2 is 1.62 bits per heavy atom. The summed E-state index contributed by atoms with van der Waals surface area (Å²) < 4.78 is 6.65. The van der Waals surface area contributed by atoms with Crippen LogP contribution in [0.25, 0.3) is 27.0 Å². The summed E-state index contributed by atoms with van der Waals surface area (Å²) in [7, 11) is 0.